The Morgan fingerprint density at radius 1 is 0.970 bits per heavy atom. The molecule has 3 rings (SSSR count). The van der Waals surface area contributed by atoms with E-state index in [0.29, 0.717) is 28.8 Å². The Morgan fingerprint density at radius 2 is 1.70 bits per heavy atom. The van der Waals surface area contributed by atoms with Gasteiger partial charge in [-0.3, -0.25) is 9.59 Å². The van der Waals surface area contributed by atoms with E-state index in [4.69, 9.17) is 27.9 Å². The third kappa shape index (κ3) is 7.24. The molecule has 2 amide bonds. The first-order valence-corrected chi connectivity index (χ1v) is 11.5. The number of rotatable bonds is 10. The Hall–Kier alpha value is -3.02. The lowest BCUT2D eigenvalue weighted by Crippen LogP contribution is -2.51. The lowest BCUT2D eigenvalue weighted by molar-refractivity contribution is -0.142. The Kier molecular flexibility index (Phi) is 9.16. The smallest absolute Gasteiger partial charge is 0.261 e. The largest absolute Gasteiger partial charge is 0.484 e. The van der Waals surface area contributed by atoms with Crippen LogP contribution in [0.4, 0.5) is 0 Å². The molecule has 0 saturated carbocycles. The molecule has 0 saturated heterocycles. The van der Waals surface area contributed by atoms with Gasteiger partial charge in [-0.25, -0.2) is 0 Å². The van der Waals surface area contributed by atoms with Gasteiger partial charge in [0.2, 0.25) is 5.91 Å². The zero-order chi connectivity index (χ0) is 23.6. The van der Waals surface area contributed by atoms with Crippen LogP contribution < -0.4 is 10.1 Å². The maximum atomic E-state index is 13.4. The van der Waals surface area contributed by atoms with Crippen LogP contribution in [0.1, 0.15) is 18.1 Å². The van der Waals surface area contributed by atoms with Crippen LogP contribution in [-0.2, 0) is 22.6 Å². The van der Waals surface area contributed by atoms with E-state index in [-0.39, 0.29) is 25.0 Å². The van der Waals surface area contributed by atoms with Crippen molar-refractivity contribution in [3.63, 3.8) is 0 Å². The fraction of sp³-hybridized carbons (Fsp3) is 0.231. The summed E-state index contributed by atoms with van der Waals surface area (Å²) in [5.41, 5.74) is 1.69. The third-order valence-corrected chi connectivity index (χ3v) is 5.68. The van der Waals surface area contributed by atoms with Gasteiger partial charge in [-0.05, 0) is 42.3 Å². The van der Waals surface area contributed by atoms with Gasteiger partial charge in [-0.1, -0.05) is 77.8 Å². The van der Waals surface area contributed by atoms with E-state index in [1.807, 2.05) is 55.5 Å². The highest BCUT2D eigenvalue weighted by Crippen LogP contribution is 2.21. The van der Waals surface area contributed by atoms with Gasteiger partial charge in [0.25, 0.3) is 5.91 Å². The van der Waals surface area contributed by atoms with E-state index in [9.17, 15) is 9.59 Å². The quantitative estimate of drug-likeness (QED) is 0.432. The summed E-state index contributed by atoms with van der Waals surface area (Å²) < 4.78 is 5.70. The van der Waals surface area contributed by atoms with Crippen LogP contribution in [0.3, 0.4) is 0 Å². The number of nitrogens with zero attached hydrogens (tertiary/aromatic N) is 1. The lowest BCUT2D eigenvalue weighted by atomic mass is 10.0. The number of likely N-dealkylation sites (N-methyl/N-ethyl adjacent to an activating group) is 1. The average Bonchev–Trinajstić information content (AvgIpc) is 2.82. The van der Waals surface area contributed by atoms with E-state index in [1.54, 1.807) is 30.3 Å². The second-order valence-electron chi connectivity index (χ2n) is 7.46. The second-order valence-corrected chi connectivity index (χ2v) is 8.30. The van der Waals surface area contributed by atoms with E-state index >= 15 is 0 Å². The highest BCUT2D eigenvalue weighted by molar-refractivity contribution is 6.31. The Labute approximate surface area is 204 Å². The fourth-order valence-corrected chi connectivity index (χ4v) is 3.82. The number of nitrogens with one attached hydrogen (secondary N) is 1. The van der Waals surface area contributed by atoms with Gasteiger partial charge in [0.15, 0.2) is 6.61 Å². The molecule has 0 aliphatic heterocycles. The molecule has 3 aromatic rings. The minimum absolute atomic E-state index is 0.173. The van der Waals surface area contributed by atoms with E-state index in [2.05, 4.69) is 5.32 Å². The van der Waals surface area contributed by atoms with Crippen molar-refractivity contribution in [3.8, 4) is 5.75 Å². The normalized spacial score (nSPS) is 11.5. The summed E-state index contributed by atoms with van der Waals surface area (Å²) in [5.74, 6) is -0.0854. The zero-order valence-electron chi connectivity index (χ0n) is 18.3. The van der Waals surface area contributed by atoms with Gasteiger partial charge in [0.1, 0.15) is 11.8 Å². The van der Waals surface area contributed by atoms with Crippen molar-refractivity contribution in [2.45, 2.75) is 25.9 Å². The Balaban J connectivity index is 1.90. The van der Waals surface area contributed by atoms with Crippen molar-refractivity contribution in [1.82, 2.24) is 10.2 Å². The predicted molar refractivity (Wildman–Crippen MR) is 132 cm³/mol. The SMILES string of the molecule is CCNC(=O)C(Cc1ccccc1)N(Cc1ccccc1Cl)C(=O)COc1cccc(Cl)c1. The molecular formula is C26H26Cl2N2O3. The number of benzene rings is 3. The molecule has 1 N–H and O–H groups in total. The summed E-state index contributed by atoms with van der Waals surface area (Å²) in [7, 11) is 0. The number of carbonyl (C=O) groups is 2. The highest BCUT2D eigenvalue weighted by Gasteiger charge is 2.30. The Morgan fingerprint density at radius 3 is 2.39 bits per heavy atom. The zero-order valence-corrected chi connectivity index (χ0v) is 19.9. The number of halogens is 2. The monoisotopic (exact) mass is 484 g/mol. The molecule has 0 bridgehead atoms. The number of ether oxygens (including phenoxy) is 1. The van der Waals surface area contributed by atoms with Crippen LogP contribution in [0.25, 0.3) is 0 Å². The topological polar surface area (TPSA) is 58.6 Å². The molecule has 0 fully saturated rings. The molecule has 0 aliphatic rings. The van der Waals surface area contributed by atoms with E-state index in [1.165, 1.54) is 4.90 Å². The Bertz CT molecular complexity index is 1080. The van der Waals surface area contributed by atoms with E-state index in [0.717, 1.165) is 11.1 Å². The maximum Gasteiger partial charge on any atom is 0.261 e. The summed E-state index contributed by atoms with van der Waals surface area (Å²) in [6.45, 7) is 2.23. The summed E-state index contributed by atoms with van der Waals surface area (Å²) in [6, 6.07) is 23.0. The van der Waals surface area contributed by atoms with Gasteiger partial charge >= 0.3 is 0 Å². The average molecular weight is 485 g/mol. The molecule has 1 unspecified atom stereocenters. The number of carbonyl (C=O) groups excluding carboxylic acids is 2. The molecule has 3 aromatic carbocycles. The first-order chi connectivity index (χ1) is 16.0. The van der Waals surface area contributed by atoms with Gasteiger partial charge in [0.05, 0.1) is 0 Å². The van der Waals surface area contributed by atoms with Gasteiger partial charge in [-0.15, -0.1) is 0 Å². The molecule has 5 nitrogen and oxygen atoms in total. The highest BCUT2D eigenvalue weighted by atomic mass is 35.5. The molecule has 0 spiro atoms. The van der Waals surface area contributed by atoms with E-state index < -0.39 is 6.04 Å². The van der Waals surface area contributed by atoms with Crippen molar-refractivity contribution in [2.75, 3.05) is 13.2 Å². The first kappa shape index (κ1) is 24.6. The van der Waals surface area contributed by atoms with Crippen LogP contribution >= 0.6 is 23.2 Å². The predicted octanol–water partition coefficient (Wildman–Crippen LogP) is 5.15. The molecular weight excluding hydrogens is 459 g/mol. The van der Waals surface area contributed by atoms with Crippen molar-refractivity contribution in [2.24, 2.45) is 0 Å². The molecule has 0 heterocycles. The first-order valence-electron chi connectivity index (χ1n) is 10.7. The van der Waals surface area contributed by atoms with Gasteiger partial charge in [0, 0.05) is 29.6 Å². The molecule has 0 radical (unpaired) electrons. The molecule has 1 atom stereocenters. The summed E-state index contributed by atoms with van der Waals surface area (Å²) >= 11 is 12.4. The molecule has 0 aromatic heterocycles. The minimum atomic E-state index is -0.737. The fourth-order valence-electron chi connectivity index (χ4n) is 3.44. The van der Waals surface area contributed by atoms with Gasteiger partial charge < -0.3 is 15.0 Å². The summed E-state index contributed by atoms with van der Waals surface area (Å²) in [6.07, 6.45) is 0.361. The van der Waals surface area contributed by atoms with Crippen LogP contribution in [-0.4, -0.2) is 35.9 Å². The minimum Gasteiger partial charge on any atom is -0.484 e. The van der Waals surface area contributed by atoms with Crippen LogP contribution in [0.15, 0.2) is 78.9 Å². The molecule has 172 valence electrons. The molecule has 7 heteroatoms. The van der Waals surface area contributed by atoms with Crippen molar-refractivity contribution < 1.29 is 14.3 Å². The van der Waals surface area contributed by atoms with Crippen LogP contribution in [0.5, 0.6) is 5.75 Å². The van der Waals surface area contributed by atoms with Crippen LogP contribution in [0.2, 0.25) is 10.0 Å². The van der Waals surface area contributed by atoms with Gasteiger partial charge in [-0.2, -0.15) is 0 Å². The maximum absolute atomic E-state index is 13.4. The van der Waals surface area contributed by atoms with Crippen molar-refractivity contribution in [3.05, 3.63) is 100 Å². The second kappa shape index (κ2) is 12.3. The molecule has 33 heavy (non-hydrogen) atoms. The number of hydrogen-bond donors (Lipinski definition) is 1. The summed E-state index contributed by atoms with van der Waals surface area (Å²) in [5, 5.41) is 3.90. The number of hydrogen-bond acceptors (Lipinski definition) is 3. The van der Waals surface area contributed by atoms with Crippen molar-refractivity contribution >= 4 is 35.0 Å². The third-order valence-electron chi connectivity index (χ3n) is 5.08. The lowest BCUT2D eigenvalue weighted by Gasteiger charge is -2.31. The van der Waals surface area contributed by atoms with Crippen molar-refractivity contribution in [1.29, 1.82) is 0 Å². The standard InChI is InChI=1S/C26H26Cl2N2O3/c1-2-29-26(32)24(15-19-9-4-3-5-10-19)30(17-20-11-6-7-14-23(20)28)25(31)18-33-22-13-8-12-21(27)16-22/h3-14,16,24H,2,15,17-18H2,1H3,(H,29,32). The van der Waals surface area contributed by atoms with Crippen LogP contribution in [0, 0.1) is 0 Å². The summed E-state index contributed by atoms with van der Waals surface area (Å²) in [4.78, 5) is 28.0. The number of amides is 2. The molecule has 0 aliphatic carbocycles.